The molecule has 0 bridgehead atoms. The Balaban J connectivity index is 2.01. The van der Waals surface area contributed by atoms with E-state index in [2.05, 4.69) is 15.6 Å². The molecule has 0 aliphatic rings. The van der Waals surface area contributed by atoms with Crippen molar-refractivity contribution in [3.63, 3.8) is 0 Å². The first-order chi connectivity index (χ1) is 10.3. The number of halogens is 1. The van der Waals surface area contributed by atoms with Crippen LogP contribution in [0.3, 0.4) is 0 Å². The van der Waals surface area contributed by atoms with Crippen molar-refractivity contribution < 1.29 is 18.3 Å². The highest BCUT2D eigenvalue weighted by atomic mass is 19.1. The molecule has 7 heteroatoms. The third-order valence-electron chi connectivity index (χ3n) is 2.55. The van der Waals surface area contributed by atoms with Crippen molar-refractivity contribution in [2.45, 2.75) is 32.9 Å². The first-order valence-corrected chi connectivity index (χ1v) is 6.74. The van der Waals surface area contributed by atoms with Crippen molar-refractivity contribution >= 4 is 17.5 Å². The number of anilines is 2. The molecule has 1 aromatic carbocycles. The second-order valence-corrected chi connectivity index (χ2v) is 5.64. The predicted molar refractivity (Wildman–Crippen MR) is 80.1 cm³/mol. The Hall–Kier alpha value is -2.57. The average Bonchev–Trinajstić information content (AvgIpc) is 2.90. The van der Waals surface area contributed by atoms with Crippen molar-refractivity contribution in [2.24, 2.45) is 0 Å². The monoisotopic (exact) mass is 307 g/mol. The average molecular weight is 307 g/mol. The van der Waals surface area contributed by atoms with Gasteiger partial charge in [0.15, 0.2) is 6.39 Å². The van der Waals surface area contributed by atoms with Crippen LogP contribution in [-0.4, -0.2) is 16.7 Å². The number of carbonyl (C=O) groups is 1. The third kappa shape index (κ3) is 4.76. The van der Waals surface area contributed by atoms with E-state index in [-0.39, 0.29) is 12.2 Å². The molecule has 2 N–H and O–H groups in total. The summed E-state index contributed by atoms with van der Waals surface area (Å²) in [6.07, 6.45) is 2.24. The molecule has 0 saturated heterocycles. The first-order valence-electron chi connectivity index (χ1n) is 6.74. The summed E-state index contributed by atoms with van der Waals surface area (Å²) in [6, 6.07) is 4.20. The summed E-state index contributed by atoms with van der Waals surface area (Å²) in [4.78, 5) is 15.5. The fourth-order valence-electron chi connectivity index (χ4n) is 1.67. The molecule has 0 radical (unpaired) electrons. The van der Waals surface area contributed by atoms with Crippen molar-refractivity contribution in [3.8, 4) is 0 Å². The number of carbonyl (C=O) groups excluding carboxylic acids is 1. The molecule has 1 heterocycles. The van der Waals surface area contributed by atoms with Crippen LogP contribution in [0.4, 0.5) is 20.6 Å². The zero-order valence-corrected chi connectivity index (χ0v) is 12.6. The molecule has 2 aromatic rings. The SMILES string of the molecule is CC(C)(C)OC(=O)Nc1ccc(F)c(NCc2cnco2)c1. The molecule has 1 aromatic heterocycles. The van der Waals surface area contributed by atoms with Crippen LogP contribution in [0, 0.1) is 5.82 Å². The van der Waals surface area contributed by atoms with Crippen LogP contribution in [0.25, 0.3) is 0 Å². The molecule has 0 aliphatic carbocycles. The van der Waals surface area contributed by atoms with Gasteiger partial charge in [-0.2, -0.15) is 0 Å². The Morgan fingerprint density at radius 3 is 2.82 bits per heavy atom. The summed E-state index contributed by atoms with van der Waals surface area (Å²) in [5.74, 6) is 0.138. The largest absolute Gasteiger partial charge is 0.447 e. The lowest BCUT2D eigenvalue weighted by atomic mass is 10.2. The van der Waals surface area contributed by atoms with Crippen molar-refractivity contribution in [1.82, 2.24) is 4.98 Å². The van der Waals surface area contributed by atoms with Gasteiger partial charge in [0.1, 0.15) is 17.2 Å². The highest BCUT2D eigenvalue weighted by Gasteiger charge is 2.16. The predicted octanol–water partition coefficient (Wildman–Crippen LogP) is 3.77. The minimum atomic E-state index is -0.600. The van der Waals surface area contributed by atoms with Gasteiger partial charge in [-0.15, -0.1) is 0 Å². The van der Waals surface area contributed by atoms with Crippen molar-refractivity contribution in [1.29, 1.82) is 0 Å². The Morgan fingerprint density at radius 1 is 1.41 bits per heavy atom. The normalized spacial score (nSPS) is 11.1. The second kappa shape index (κ2) is 6.46. The van der Waals surface area contributed by atoms with Gasteiger partial charge in [0.2, 0.25) is 0 Å². The molecule has 0 saturated carbocycles. The van der Waals surface area contributed by atoms with E-state index in [9.17, 15) is 9.18 Å². The number of benzene rings is 1. The molecule has 2 rings (SSSR count). The third-order valence-corrected chi connectivity index (χ3v) is 2.55. The lowest BCUT2D eigenvalue weighted by molar-refractivity contribution is 0.0636. The van der Waals surface area contributed by atoms with Crippen LogP contribution in [0.2, 0.25) is 0 Å². The highest BCUT2D eigenvalue weighted by molar-refractivity contribution is 5.85. The van der Waals surface area contributed by atoms with Gasteiger partial charge in [0, 0.05) is 5.69 Å². The highest BCUT2D eigenvalue weighted by Crippen LogP contribution is 2.21. The van der Waals surface area contributed by atoms with E-state index in [0.717, 1.165) is 0 Å². The number of aromatic nitrogens is 1. The summed E-state index contributed by atoms with van der Waals surface area (Å²) in [6.45, 7) is 5.58. The smallest absolute Gasteiger partial charge is 0.412 e. The second-order valence-electron chi connectivity index (χ2n) is 5.64. The van der Waals surface area contributed by atoms with Gasteiger partial charge in [0.05, 0.1) is 18.4 Å². The van der Waals surface area contributed by atoms with Crippen molar-refractivity contribution in [2.75, 3.05) is 10.6 Å². The molecular formula is C15H18FN3O3. The molecule has 22 heavy (non-hydrogen) atoms. The van der Waals surface area contributed by atoms with Gasteiger partial charge in [-0.05, 0) is 39.0 Å². The van der Waals surface area contributed by atoms with E-state index in [0.29, 0.717) is 11.4 Å². The summed E-state index contributed by atoms with van der Waals surface area (Å²) < 4.78 is 24.0. The van der Waals surface area contributed by atoms with Gasteiger partial charge in [0.25, 0.3) is 0 Å². The minimum absolute atomic E-state index is 0.241. The summed E-state index contributed by atoms with van der Waals surface area (Å²) in [7, 11) is 0. The summed E-state index contributed by atoms with van der Waals surface area (Å²) in [5.41, 5.74) is 0.0676. The van der Waals surface area contributed by atoms with E-state index < -0.39 is 17.5 Å². The van der Waals surface area contributed by atoms with E-state index in [1.165, 1.54) is 30.8 Å². The molecule has 0 unspecified atom stereocenters. The van der Waals surface area contributed by atoms with Crippen LogP contribution in [0.15, 0.2) is 35.2 Å². The Morgan fingerprint density at radius 2 is 2.18 bits per heavy atom. The fourth-order valence-corrected chi connectivity index (χ4v) is 1.67. The number of rotatable bonds is 4. The molecular weight excluding hydrogens is 289 g/mol. The van der Waals surface area contributed by atoms with Gasteiger partial charge in [-0.25, -0.2) is 14.2 Å². The number of nitrogens with zero attached hydrogens (tertiary/aromatic N) is 1. The summed E-state index contributed by atoms with van der Waals surface area (Å²) >= 11 is 0. The quantitative estimate of drug-likeness (QED) is 0.899. The maximum Gasteiger partial charge on any atom is 0.412 e. The molecule has 0 aliphatic heterocycles. The topological polar surface area (TPSA) is 76.4 Å². The zero-order valence-electron chi connectivity index (χ0n) is 12.6. The van der Waals surface area contributed by atoms with E-state index in [1.807, 2.05) is 0 Å². The lowest BCUT2D eigenvalue weighted by Gasteiger charge is -2.20. The van der Waals surface area contributed by atoms with E-state index >= 15 is 0 Å². The molecule has 0 spiro atoms. The molecule has 6 nitrogen and oxygen atoms in total. The molecule has 118 valence electrons. The van der Waals surface area contributed by atoms with Crippen LogP contribution in [-0.2, 0) is 11.3 Å². The zero-order chi connectivity index (χ0) is 16.2. The Labute approximate surface area is 127 Å². The maximum absolute atomic E-state index is 13.8. The number of amides is 1. The van der Waals surface area contributed by atoms with Gasteiger partial charge >= 0.3 is 6.09 Å². The van der Waals surface area contributed by atoms with E-state index in [4.69, 9.17) is 9.15 Å². The number of nitrogens with one attached hydrogen (secondary N) is 2. The molecule has 1 amide bonds. The molecule has 0 atom stereocenters. The van der Waals surface area contributed by atoms with Crippen LogP contribution in [0.5, 0.6) is 0 Å². The summed E-state index contributed by atoms with van der Waals surface area (Å²) in [5, 5.41) is 5.43. The Bertz CT molecular complexity index is 636. The minimum Gasteiger partial charge on any atom is -0.447 e. The Kier molecular flexibility index (Phi) is 4.65. The van der Waals surface area contributed by atoms with Crippen LogP contribution < -0.4 is 10.6 Å². The maximum atomic E-state index is 13.8. The first kappa shape index (κ1) is 15.8. The van der Waals surface area contributed by atoms with Crippen LogP contribution >= 0.6 is 0 Å². The van der Waals surface area contributed by atoms with E-state index in [1.54, 1.807) is 20.8 Å². The number of oxazole rings is 1. The van der Waals surface area contributed by atoms with Crippen LogP contribution in [0.1, 0.15) is 26.5 Å². The van der Waals surface area contributed by atoms with Gasteiger partial charge in [-0.1, -0.05) is 0 Å². The standard InChI is InChI=1S/C15H18FN3O3/c1-15(2,3)22-14(20)19-10-4-5-12(16)13(6-10)18-8-11-7-17-9-21-11/h4-7,9,18H,8H2,1-3H3,(H,19,20). The molecule has 0 fully saturated rings. The number of hydrogen-bond donors (Lipinski definition) is 2. The number of ether oxygens (including phenoxy) is 1. The lowest BCUT2D eigenvalue weighted by Crippen LogP contribution is -2.27. The fraction of sp³-hybridized carbons (Fsp3) is 0.333. The number of hydrogen-bond acceptors (Lipinski definition) is 5. The van der Waals surface area contributed by atoms with Gasteiger partial charge < -0.3 is 14.5 Å². The van der Waals surface area contributed by atoms with Gasteiger partial charge in [-0.3, -0.25) is 5.32 Å². The van der Waals surface area contributed by atoms with Crippen molar-refractivity contribution in [3.05, 3.63) is 42.4 Å².